The van der Waals surface area contributed by atoms with E-state index < -0.39 is 0 Å². The summed E-state index contributed by atoms with van der Waals surface area (Å²) in [6.45, 7) is 4.21. The lowest BCUT2D eigenvalue weighted by Crippen LogP contribution is -2.53. The first kappa shape index (κ1) is 11.4. The average Bonchev–Trinajstić information content (AvgIpc) is 2.23. The Balaban J connectivity index is 2.00. The molecule has 15 heavy (non-hydrogen) atoms. The molecule has 1 saturated heterocycles. The van der Waals surface area contributed by atoms with Crippen LogP contribution in [0.15, 0.2) is 0 Å². The molecule has 1 heterocycles. The molecule has 1 radical (unpaired) electrons. The predicted molar refractivity (Wildman–Crippen MR) is 60.8 cm³/mol. The zero-order chi connectivity index (χ0) is 10.9. The highest BCUT2D eigenvalue weighted by Gasteiger charge is 2.40. The summed E-state index contributed by atoms with van der Waals surface area (Å²) >= 11 is 0. The Hall–Kier alpha value is -0.0800. The van der Waals surface area contributed by atoms with Crippen LogP contribution in [-0.2, 0) is 5.21 Å². The molecule has 2 heteroatoms. The summed E-state index contributed by atoms with van der Waals surface area (Å²) in [5, 5.41) is 13.7. The Labute approximate surface area is 93.6 Å². The van der Waals surface area contributed by atoms with Gasteiger partial charge in [-0.05, 0) is 51.9 Å². The zero-order valence-electron chi connectivity index (χ0n) is 10.2. The zero-order valence-corrected chi connectivity index (χ0v) is 10.2. The van der Waals surface area contributed by atoms with Gasteiger partial charge in [0.15, 0.2) is 0 Å². The quantitative estimate of drug-likeness (QED) is 0.649. The van der Waals surface area contributed by atoms with Crippen LogP contribution in [0.3, 0.4) is 0 Å². The smallest absolute Gasteiger partial charge is 0.0440 e. The first-order valence-electron chi connectivity index (χ1n) is 6.58. The molecule has 0 amide bonds. The van der Waals surface area contributed by atoms with Crippen molar-refractivity contribution in [3.8, 4) is 0 Å². The summed E-state index contributed by atoms with van der Waals surface area (Å²) < 4.78 is 0. The van der Waals surface area contributed by atoms with Crippen LogP contribution in [0, 0.1) is 5.92 Å². The molecule has 87 valence electrons. The van der Waals surface area contributed by atoms with Crippen LogP contribution >= 0.6 is 0 Å². The van der Waals surface area contributed by atoms with Crippen molar-refractivity contribution in [3.05, 3.63) is 0 Å². The predicted octanol–water partition coefficient (Wildman–Crippen LogP) is 3.55. The third-order valence-electron chi connectivity index (χ3n) is 4.38. The Morgan fingerprint density at radius 3 is 2.33 bits per heavy atom. The van der Waals surface area contributed by atoms with Gasteiger partial charge in [0.2, 0.25) is 0 Å². The molecule has 1 aliphatic carbocycles. The highest BCUT2D eigenvalue weighted by Crippen LogP contribution is 2.38. The van der Waals surface area contributed by atoms with E-state index in [0.717, 1.165) is 12.8 Å². The standard InChI is InChI=1S/C13H24NO/c1-13(2)10-6-9-12(14(13)15)11-7-4-3-5-8-11/h11-12H,3-10H2,1-2H3. The van der Waals surface area contributed by atoms with Crippen molar-refractivity contribution in [1.82, 2.24) is 5.06 Å². The van der Waals surface area contributed by atoms with Crippen LogP contribution in [0.2, 0.25) is 0 Å². The van der Waals surface area contributed by atoms with Gasteiger partial charge in [0.05, 0.1) is 0 Å². The molecule has 0 aromatic heterocycles. The normalized spacial score (nSPS) is 34.2. The molecule has 2 nitrogen and oxygen atoms in total. The highest BCUT2D eigenvalue weighted by molar-refractivity contribution is 4.90. The number of rotatable bonds is 1. The maximum atomic E-state index is 12.3. The summed E-state index contributed by atoms with van der Waals surface area (Å²) in [5.74, 6) is 0.691. The molecule has 2 fully saturated rings. The second kappa shape index (κ2) is 4.42. The third kappa shape index (κ3) is 2.36. The van der Waals surface area contributed by atoms with Crippen molar-refractivity contribution in [2.24, 2.45) is 5.92 Å². The van der Waals surface area contributed by atoms with Gasteiger partial charge >= 0.3 is 0 Å². The molecule has 0 aromatic carbocycles. The molecule has 0 bridgehead atoms. The SMILES string of the molecule is CC1(C)CCCC(C2CCCCC2)N1[O]. The second-order valence-electron chi connectivity index (χ2n) is 6.00. The van der Waals surface area contributed by atoms with Crippen LogP contribution < -0.4 is 0 Å². The van der Waals surface area contributed by atoms with Gasteiger partial charge < -0.3 is 0 Å². The minimum atomic E-state index is -0.111. The van der Waals surface area contributed by atoms with Crippen LogP contribution in [0.5, 0.6) is 0 Å². The van der Waals surface area contributed by atoms with Gasteiger partial charge in [-0.25, -0.2) is 0 Å². The van der Waals surface area contributed by atoms with Gasteiger partial charge in [-0.2, -0.15) is 0 Å². The molecule has 0 aromatic rings. The van der Waals surface area contributed by atoms with Crippen molar-refractivity contribution in [2.75, 3.05) is 0 Å². The van der Waals surface area contributed by atoms with E-state index in [1.165, 1.54) is 43.6 Å². The molecule has 1 atom stereocenters. The Morgan fingerprint density at radius 1 is 1.00 bits per heavy atom. The fraction of sp³-hybridized carbons (Fsp3) is 1.00. The average molecular weight is 210 g/mol. The lowest BCUT2D eigenvalue weighted by atomic mass is 9.77. The molecule has 1 aliphatic heterocycles. The number of nitrogens with zero attached hydrogens (tertiary/aromatic N) is 1. The van der Waals surface area contributed by atoms with Crippen LogP contribution in [0.1, 0.15) is 65.2 Å². The second-order valence-corrected chi connectivity index (χ2v) is 6.00. The Kier molecular flexibility index (Phi) is 3.36. The van der Waals surface area contributed by atoms with E-state index in [1.807, 2.05) is 0 Å². The first-order chi connectivity index (χ1) is 7.11. The van der Waals surface area contributed by atoms with E-state index in [4.69, 9.17) is 0 Å². The molecule has 2 aliphatic rings. The molecular formula is C13H24NO. The highest BCUT2D eigenvalue weighted by atomic mass is 16.5. The van der Waals surface area contributed by atoms with Gasteiger partial charge in [-0.3, -0.25) is 0 Å². The van der Waals surface area contributed by atoms with E-state index >= 15 is 0 Å². The number of hydroxylamine groups is 2. The molecular weight excluding hydrogens is 186 g/mol. The summed E-state index contributed by atoms with van der Waals surface area (Å²) in [6.07, 6.45) is 10.1. The summed E-state index contributed by atoms with van der Waals surface area (Å²) in [4.78, 5) is 0. The van der Waals surface area contributed by atoms with Crippen molar-refractivity contribution in [3.63, 3.8) is 0 Å². The van der Waals surface area contributed by atoms with Crippen molar-refractivity contribution in [2.45, 2.75) is 76.8 Å². The minimum absolute atomic E-state index is 0.111. The lowest BCUT2D eigenvalue weighted by Gasteiger charge is -2.45. The van der Waals surface area contributed by atoms with E-state index in [9.17, 15) is 5.21 Å². The van der Waals surface area contributed by atoms with Crippen molar-refractivity contribution in [1.29, 1.82) is 0 Å². The van der Waals surface area contributed by atoms with E-state index in [0.29, 0.717) is 12.0 Å². The summed E-state index contributed by atoms with van der Waals surface area (Å²) in [5.41, 5.74) is -0.111. The maximum Gasteiger partial charge on any atom is 0.0440 e. The molecule has 1 saturated carbocycles. The van der Waals surface area contributed by atoms with Crippen molar-refractivity contribution < 1.29 is 5.21 Å². The van der Waals surface area contributed by atoms with E-state index in [-0.39, 0.29) is 5.54 Å². The number of piperidine rings is 1. The van der Waals surface area contributed by atoms with Crippen molar-refractivity contribution >= 4 is 0 Å². The van der Waals surface area contributed by atoms with E-state index in [2.05, 4.69) is 13.8 Å². The number of hydrogen-bond donors (Lipinski definition) is 0. The molecule has 0 N–H and O–H groups in total. The van der Waals surface area contributed by atoms with Gasteiger partial charge in [-0.1, -0.05) is 19.3 Å². The fourth-order valence-corrected chi connectivity index (χ4v) is 3.37. The summed E-state index contributed by atoms with van der Waals surface area (Å²) in [6, 6.07) is 0.328. The van der Waals surface area contributed by atoms with Crippen LogP contribution in [0.25, 0.3) is 0 Å². The minimum Gasteiger partial charge on any atom is -0.146 e. The van der Waals surface area contributed by atoms with Gasteiger partial charge in [0, 0.05) is 11.6 Å². The lowest BCUT2D eigenvalue weighted by molar-refractivity contribution is -0.270. The molecule has 2 rings (SSSR count). The summed E-state index contributed by atoms with van der Waals surface area (Å²) in [7, 11) is 0. The Morgan fingerprint density at radius 2 is 1.67 bits per heavy atom. The maximum absolute atomic E-state index is 12.3. The van der Waals surface area contributed by atoms with Gasteiger partial charge in [-0.15, -0.1) is 10.3 Å². The number of hydrogen-bond acceptors (Lipinski definition) is 1. The van der Waals surface area contributed by atoms with Gasteiger partial charge in [0.1, 0.15) is 0 Å². The topological polar surface area (TPSA) is 23.1 Å². The Bertz CT molecular complexity index is 209. The largest absolute Gasteiger partial charge is 0.146 e. The van der Waals surface area contributed by atoms with Gasteiger partial charge in [0.25, 0.3) is 0 Å². The van der Waals surface area contributed by atoms with E-state index in [1.54, 1.807) is 0 Å². The fourth-order valence-electron chi connectivity index (χ4n) is 3.37. The molecule has 1 unspecified atom stereocenters. The van der Waals surface area contributed by atoms with Crippen LogP contribution in [-0.4, -0.2) is 16.6 Å². The molecule has 0 spiro atoms. The van der Waals surface area contributed by atoms with Crippen LogP contribution in [0.4, 0.5) is 0 Å². The first-order valence-corrected chi connectivity index (χ1v) is 6.58. The monoisotopic (exact) mass is 210 g/mol. The third-order valence-corrected chi connectivity index (χ3v) is 4.38.